The first-order chi connectivity index (χ1) is 6.27. The Morgan fingerprint density at radius 2 is 1.92 bits per heavy atom. The van der Waals surface area contributed by atoms with Crippen molar-refractivity contribution < 1.29 is 4.39 Å². The number of nitrogens with one attached hydrogen (secondary N) is 2. The normalized spacial score (nSPS) is 15.5. The van der Waals surface area contributed by atoms with Crippen molar-refractivity contribution in [2.45, 2.75) is 6.17 Å². The predicted molar refractivity (Wildman–Crippen MR) is 52.3 cm³/mol. The lowest BCUT2D eigenvalue weighted by Crippen LogP contribution is -2.21. The largest absolute Gasteiger partial charge is 0.366 e. The van der Waals surface area contributed by atoms with Crippen molar-refractivity contribution in [2.75, 3.05) is 0 Å². The van der Waals surface area contributed by atoms with Crippen molar-refractivity contribution in [2.24, 2.45) is 0 Å². The standard InChI is InChI=1S/C9H8BrFN2/c10-8-5-6(11)1-2-7(8)9-12-3-4-13-9/h1-5,9,12-13H. The fourth-order valence-corrected chi connectivity index (χ4v) is 1.83. The zero-order valence-electron chi connectivity index (χ0n) is 6.72. The molecule has 0 atom stereocenters. The van der Waals surface area contributed by atoms with Crippen LogP contribution >= 0.6 is 15.9 Å². The molecule has 1 aliphatic rings. The summed E-state index contributed by atoms with van der Waals surface area (Å²) in [6.07, 6.45) is 3.68. The third-order valence-corrected chi connectivity index (χ3v) is 2.57. The Morgan fingerprint density at radius 3 is 2.54 bits per heavy atom. The van der Waals surface area contributed by atoms with Crippen molar-refractivity contribution in [3.05, 3.63) is 46.5 Å². The second-order valence-electron chi connectivity index (χ2n) is 2.77. The van der Waals surface area contributed by atoms with E-state index in [0.29, 0.717) is 0 Å². The average Bonchev–Trinajstić information content (AvgIpc) is 2.56. The molecular weight excluding hydrogens is 235 g/mol. The summed E-state index contributed by atoms with van der Waals surface area (Å²) in [5.41, 5.74) is 0.992. The molecule has 68 valence electrons. The highest BCUT2D eigenvalue weighted by atomic mass is 79.9. The molecule has 4 heteroatoms. The van der Waals surface area contributed by atoms with Gasteiger partial charge in [-0.25, -0.2) is 4.39 Å². The molecule has 0 saturated carbocycles. The van der Waals surface area contributed by atoms with Crippen molar-refractivity contribution in [1.29, 1.82) is 0 Å². The first-order valence-corrected chi connectivity index (χ1v) is 4.69. The van der Waals surface area contributed by atoms with Gasteiger partial charge in [0, 0.05) is 22.4 Å². The van der Waals surface area contributed by atoms with Gasteiger partial charge in [-0.2, -0.15) is 0 Å². The summed E-state index contributed by atoms with van der Waals surface area (Å²) in [5, 5.41) is 6.18. The SMILES string of the molecule is Fc1ccc(C2NC=CN2)c(Br)c1. The van der Waals surface area contributed by atoms with E-state index in [2.05, 4.69) is 26.6 Å². The molecule has 0 saturated heterocycles. The van der Waals surface area contributed by atoms with Gasteiger partial charge in [0.15, 0.2) is 0 Å². The van der Waals surface area contributed by atoms with Crippen LogP contribution in [0.1, 0.15) is 11.7 Å². The van der Waals surface area contributed by atoms with Crippen molar-refractivity contribution in [1.82, 2.24) is 10.6 Å². The lowest BCUT2D eigenvalue weighted by molar-refractivity contribution is 0.595. The first-order valence-electron chi connectivity index (χ1n) is 3.89. The topological polar surface area (TPSA) is 24.1 Å². The van der Waals surface area contributed by atoms with Crippen LogP contribution in [-0.2, 0) is 0 Å². The maximum atomic E-state index is 12.7. The van der Waals surface area contributed by atoms with E-state index in [9.17, 15) is 4.39 Å². The number of halogens is 2. The van der Waals surface area contributed by atoms with Crippen LogP contribution in [0.3, 0.4) is 0 Å². The summed E-state index contributed by atoms with van der Waals surface area (Å²) in [6, 6.07) is 4.65. The summed E-state index contributed by atoms with van der Waals surface area (Å²) in [6.45, 7) is 0. The summed E-state index contributed by atoms with van der Waals surface area (Å²) >= 11 is 3.31. The smallest absolute Gasteiger partial charge is 0.124 e. The Kier molecular flexibility index (Phi) is 2.22. The van der Waals surface area contributed by atoms with E-state index in [1.54, 1.807) is 6.07 Å². The highest BCUT2D eigenvalue weighted by Gasteiger charge is 2.14. The second kappa shape index (κ2) is 3.38. The minimum absolute atomic E-state index is 0.0370. The maximum absolute atomic E-state index is 12.7. The van der Waals surface area contributed by atoms with Crippen molar-refractivity contribution in [3.63, 3.8) is 0 Å². The fourth-order valence-electron chi connectivity index (χ4n) is 1.25. The van der Waals surface area contributed by atoms with Crippen LogP contribution in [0.2, 0.25) is 0 Å². The molecule has 2 N–H and O–H groups in total. The molecule has 0 spiro atoms. The van der Waals surface area contributed by atoms with Crippen LogP contribution < -0.4 is 10.6 Å². The number of rotatable bonds is 1. The molecule has 0 fully saturated rings. The van der Waals surface area contributed by atoms with Gasteiger partial charge in [-0.15, -0.1) is 0 Å². The molecule has 13 heavy (non-hydrogen) atoms. The van der Waals surface area contributed by atoms with Crippen molar-refractivity contribution in [3.8, 4) is 0 Å². The summed E-state index contributed by atoms with van der Waals surface area (Å²) < 4.78 is 13.5. The van der Waals surface area contributed by atoms with E-state index in [-0.39, 0.29) is 12.0 Å². The molecule has 2 nitrogen and oxygen atoms in total. The molecule has 1 heterocycles. The van der Waals surface area contributed by atoms with E-state index >= 15 is 0 Å². The minimum atomic E-state index is -0.235. The van der Waals surface area contributed by atoms with Crippen LogP contribution in [0.25, 0.3) is 0 Å². The van der Waals surface area contributed by atoms with Crippen molar-refractivity contribution >= 4 is 15.9 Å². The molecule has 0 aromatic heterocycles. The van der Waals surface area contributed by atoms with Crippen LogP contribution in [0.5, 0.6) is 0 Å². The zero-order valence-corrected chi connectivity index (χ0v) is 8.31. The molecule has 0 bridgehead atoms. The molecule has 0 unspecified atom stereocenters. The van der Waals surface area contributed by atoms with Gasteiger partial charge in [0.1, 0.15) is 12.0 Å². The van der Waals surface area contributed by atoms with Gasteiger partial charge in [0.25, 0.3) is 0 Å². The van der Waals surface area contributed by atoms with Crippen LogP contribution in [0, 0.1) is 5.82 Å². The van der Waals surface area contributed by atoms with Gasteiger partial charge in [-0.05, 0) is 12.1 Å². The summed E-state index contributed by atoms with van der Waals surface area (Å²) in [4.78, 5) is 0. The number of hydrogen-bond donors (Lipinski definition) is 2. The van der Waals surface area contributed by atoms with Crippen LogP contribution in [0.4, 0.5) is 4.39 Å². The van der Waals surface area contributed by atoms with Crippen LogP contribution in [-0.4, -0.2) is 0 Å². The van der Waals surface area contributed by atoms with E-state index in [0.717, 1.165) is 10.0 Å². The van der Waals surface area contributed by atoms with Gasteiger partial charge in [0.05, 0.1) is 0 Å². The lowest BCUT2D eigenvalue weighted by atomic mass is 10.2. The molecule has 0 amide bonds. The van der Waals surface area contributed by atoms with Gasteiger partial charge in [0.2, 0.25) is 0 Å². The predicted octanol–water partition coefficient (Wildman–Crippen LogP) is 2.25. The van der Waals surface area contributed by atoms with E-state index in [1.165, 1.54) is 12.1 Å². The molecule has 1 aromatic rings. The Balaban J connectivity index is 2.30. The quantitative estimate of drug-likeness (QED) is 0.790. The number of benzene rings is 1. The fraction of sp³-hybridized carbons (Fsp3) is 0.111. The molecule has 1 aromatic carbocycles. The van der Waals surface area contributed by atoms with Crippen LogP contribution in [0.15, 0.2) is 35.1 Å². The third-order valence-electron chi connectivity index (χ3n) is 1.88. The molecule has 2 rings (SSSR count). The molecular formula is C9H8BrFN2. The Morgan fingerprint density at radius 1 is 1.23 bits per heavy atom. The van der Waals surface area contributed by atoms with E-state index in [4.69, 9.17) is 0 Å². The van der Waals surface area contributed by atoms with Gasteiger partial charge >= 0.3 is 0 Å². The minimum Gasteiger partial charge on any atom is -0.366 e. The monoisotopic (exact) mass is 242 g/mol. The van der Waals surface area contributed by atoms with Gasteiger partial charge in [-0.3, -0.25) is 0 Å². The first kappa shape index (κ1) is 8.56. The lowest BCUT2D eigenvalue weighted by Gasteiger charge is -2.14. The van der Waals surface area contributed by atoms with E-state index in [1.807, 2.05) is 12.4 Å². The maximum Gasteiger partial charge on any atom is 0.124 e. The molecule has 0 aliphatic carbocycles. The summed E-state index contributed by atoms with van der Waals surface area (Å²) in [5.74, 6) is -0.235. The zero-order chi connectivity index (χ0) is 9.26. The Bertz CT molecular complexity index is 343. The Hall–Kier alpha value is -1.03. The van der Waals surface area contributed by atoms with Gasteiger partial charge in [-0.1, -0.05) is 22.0 Å². The number of hydrogen-bond acceptors (Lipinski definition) is 2. The highest BCUT2D eigenvalue weighted by Crippen LogP contribution is 2.24. The Labute approximate surface area is 84.0 Å². The second-order valence-corrected chi connectivity index (χ2v) is 3.62. The van der Waals surface area contributed by atoms with Gasteiger partial charge < -0.3 is 10.6 Å². The third kappa shape index (κ3) is 1.67. The molecule has 1 aliphatic heterocycles. The molecule has 0 radical (unpaired) electrons. The highest BCUT2D eigenvalue weighted by molar-refractivity contribution is 9.10. The summed E-state index contributed by atoms with van der Waals surface area (Å²) in [7, 11) is 0. The average molecular weight is 243 g/mol. The van der Waals surface area contributed by atoms with E-state index < -0.39 is 0 Å².